The van der Waals surface area contributed by atoms with Gasteiger partial charge in [0.25, 0.3) is 0 Å². The highest BCUT2D eigenvalue weighted by atomic mass is 16.1. The first-order chi connectivity index (χ1) is 8.90. The molecule has 0 radical (unpaired) electrons. The van der Waals surface area contributed by atoms with Gasteiger partial charge < -0.3 is 10.6 Å². The van der Waals surface area contributed by atoms with Crippen LogP contribution in [0.2, 0.25) is 0 Å². The summed E-state index contributed by atoms with van der Waals surface area (Å²) < 4.78 is 1.82. The van der Waals surface area contributed by atoms with Crippen LogP contribution in [0.3, 0.4) is 0 Å². The van der Waals surface area contributed by atoms with E-state index >= 15 is 0 Å². The number of carbonyl (C=O) groups is 1. The zero-order valence-electron chi connectivity index (χ0n) is 12.7. The van der Waals surface area contributed by atoms with Gasteiger partial charge in [-0.2, -0.15) is 5.10 Å². The fourth-order valence-corrected chi connectivity index (χ4v) is 1.87. The Kier molecular flexibility index (Phi) is 6.02. The van der Waals surface area contributed by atoms with Crippen molar-refractivity contribution in [2.24, 2.45) is 13.0 Å². The minimum atomic E-state index is 0.0451. The Morgan fingerprint density at radius 1 is 1.37 bits per heavy atom. The summed E-state index contributed by atoms with van der Waals surface area (Å²) in [6.45, 7) is 10.2. The SMILES string of the molecule is CC(C)CNC(=O)CNCc1cn(C)nc1C(C)C. The van der Waals surface area contributed by atoms with E-state index in [4.69, 9.17) is 0 Å². The molecule has 5 heteroatoms. The van der Waals surface area contributed by atoms with Crippen LogP contribution in [0.25, 0.3) is 0 Å². The number of nitrogens with zero attached hydrogens (tertiary/aromatic N) is 2. The lowest BCUT2D eigenvalue weighted by Gasteiger charge is -2.09. The summed E-state index contributed by atoms with van der Waals surface area (Å²) in [4.78, 5) is 11.6. The number of hydrogen-bond donors (Lipinski definition) is 2. The van der Waals surface area contributed by atoms with Crippen molar-refractivity contribution in [1.82, 2.24) is 20.4 Å². The monoisotopic (exact) mass is 266 g/mol. The van der Waals surface area contributed by atoms with E-state index in [1.54, 1.807) is 0 Å². The molecule has 0 aliphatic carbocycles. The molecule has 5 nitrogen and oxygen atoms in total. The molecule has 1 amide bonds. The fraction of sp³-hybridized carbons (Fsp3) is 0.714. The minimum absolute atomic E-state index is 0.0451. The summed E-state index contributed by atoms with van der Waals surface area (Å²) in [5.41, 5.74) is 2.26. The smallest absolute Gasteiger partial charge is 0.233 e. The molecule has 0 saturated heterocycles. The van der Waals surface area contributed by atoms with Gasteiger partial charge in [0.05, 0.1) is 12.2 Å². The molecule has 19 heavy (non-hydrogen) atoms. The van der Waals surface area contributed by atoms with Gasteiger partial charge in [-0.15, -0.1) is 0 Å². The van der Waals surface area contributed by atoms with Gasteiger partial charge in [-0.3, -0.25) is 9.48 Å². The first-order valence-electron chi connectivity index (χ1n) is 6.90. The summed E-state index contributed by atoms with van der Waals surface area (Å²) in [5, 5.41) is 10.5. The van der Waals surface area contributed by atoms with Crippen molar-refractivity contribution in [3.63, 3.8) is 0 Å². The third-order valence-corrected chi connectivity index (χ3v) is 2.79. The number of hydrogen-bond acceptors (Lipinski definition) is 3. The molecule has 0 aromatic carbocycles. The number of carbonyl (C=O) groups excluding carboxylic acids is 1. The van der Waals surface area contributed by atoms with Crippen molar-refractivity contribution in [3.8, 4) is 0 Å². The first-order valence-corrected chi connectivity index (χ1v) is 6.90. The second-order valence-corrected chi connectivity index (χ2v) is 5.67. The number of aromatic nitrogens is 2. The second kappa shape index (κ2) is 7.28. The van der Waals surface area contributed by atoms with Crippen LogP contribution in [0.15, 0.2) is 6.20 Å². The van der Waals surface area contributed by atoms with Crippen LogP contribution in [0.4, 0.5) is 0 Å². The molecule has 0 unspecified atom stereocenters. The molecule has 1 heterocycles. The summed E-state index contributed by atoms with van der Waals surface area (Å²) in [5.74, 6) is 0.922. The predicted octanol–water partition coefficient (Wildman–Crippen LogP) is 1.41. The molecular formula is C14H26N4O. The van der Waals surface area contributed by atoms with Crippen LogP contribution in [-0.2, 0) is 18.4 Å². The molecule has 2 N–H and O–H groups in total. The van der Waals surface area contributed by atoms with Gasteiger partial charge in [0.2, 0.25) is 5.91 Å². The lowest BCUT2D eigenvalue weighted by atomic mass is 10.1. The van der Waals surface area contributed by atoms with Gasteiger partial charge in [-0.1, -0.05) is 27.7 Å². The second-order valence-electron chi connectivity index (χ2n) is 5.67. The van der Waals surface area contributed by atoms with Crippen molar-refractivity contribution in [2.75, 3.05) is 13.1 Å². The standard InChI is InChI=1S/C14H26N4O/c1-10(2)6-16-13(19)8-15-7-12-9-18(5)17-14(12)11(3)4/h9-11,15H,6-8H2,1-5H3,(H,16,19). The molecule has 1 aromatic rings. The largest absolute Gasteiger partial charge is 0.355 e. The van der Waals surface area contributed by atoms with Crippen molar-refractivity contribution in [1.29, 1.82) is 0 Å². The Hall–Kier alpha value is -1.36. The lowest BCUT2D eigenvalue weighted by Crippen LogP contribution is -2.35. The van der Waals surface area contributed by atoms with Crippen molar-refractivity contribution in [3.05, 3.63) is 17.5 Å². The highest BCUT2D eigenvalue weighted by molar-refractivity contribution is 5.77. The lowest BCUT2D eigenvalue weighted by molar-refractivity contribution is -0.120. The maximum absolute atomic E-state index is 11.6. The van der Waals surface area contributed by atoms with Gasteiger partial charge in [0, 0.05) is 31.9 Å². The Labute approximate surface area is 115 Å². The Balaban J connectivity index is 2.39. The van der Waals surface area contributed by atoms with E-state index in [9.17, 15) is 4.79 Å². The van der Waals surface area contributed by atoms with E-state index in [0.29, 0.717) is 24.9 Å². The van der Waals surface area contributed by atoms with Gasteiger partial charge in [0.1, 0.15) is 0 Å². The molecular weight excluding hydrogens is 240 g/mol. The summed E-state index contributed by atoms with van der Waals surface area (Å²) in [6, 6.07) is 0. The molecule has 0 atom stereocenters. The summed E-state index contributed by atoms with van der Waals surface area (Å²) >= 11 is 0. The Bertz CT molecular complexity index is 410. The quantitative estimate of drug-likeness (QED) is 0.784. The van der Waals surface area contributed by atoms with E-state index in [2.05, 4.69) is 43.4 Å². The van der Waals surface area contributed by atoms with Crippen LogP contribution in [-0.4, -0.2) is 28.8 Å². The molecule has 1 aromatic heterocycles. The van der Waals surface area contributed by atoms with E-state index in [1.807, 2.05) is 17.9 Å². The zero-order valence-corrected chi connectivity index (χ0v) is 12.7. The highest BCUT2D eigenvalue weighted by Crippen LogP contribution is 2.16. The topological polar surface area (TPSA) is 59.0 Å². The molecule has 0 saturated carbocycles. The number of nitrogens with one attached hydrogen (secondary N) is 2. The van der Waals surface area contributed by atoms with Crippen LogP contribution < -0.4 is 10.6 Å². The fourth-order valence-electron chi connectivity index (χ4n) is 1.87. The molecule has 0 fully saturated rings. The molecule has 0 spiro atoms. The van der Waals surface area contributed by atoms with Crippen molar-refractivity contribution in [2.45, 2.75) is 40.2 Å². The average Bonchev–Trinajstić information content (AvgIpc) is 2.68. The summed E-state index contributed by atoms with van der Waals surface area (Å²) in [6.07, 6.45) is 2.01. The average molecular weight is 266 g/mol. The zero-order chi connectivity index (χ0) is 14.4. The van der Waals surface area contributed by atoms with Gasteiger partial charge in [0.15, 0.2) is 0 Å². The van der Waals surface area contributed by atoms with E-state index < -0.39 is 0 Å². The van der Waals surface area contributed by atoms with Crippen LogP contribution >= 0.6 is 0 Å². The van der Waals surface area contributed by atoms with Crippen LogP contribution in [0.1, 0.15) is 44.9 Å². The maximum atomic E-state index is 11.6. The van der Waals surface area contributed by atoms with Gasteiger partial charge in [-0.05, 0) is 11.8 Å². The number of amides is 1. The van der Waals surface area contributed by atoms with Crippen LogP contribution in [0.5, 0.6) is 0 Å². The molecule has 1 rings (SSSR count). The first kappa shape index (κ1) is 15.7. The molecule has 0 aliphatic heterocycles. The highest BCUT2D eigenvalue weighted by Gasteiger charge is 2.11. The molecule has 0 bridgehead atoms. The van der Waals surface area contributed by atoms with Crippen molar-refractivity contribution < 1.29 is 4.79 Å². The van der Waals surface area contributed by atoms with E-state index in [1.165, 1.54) is 0 Å². The van der Waals surface area contributed by atoms with Crippen molar-refractivity contribution >= 4 is 5.91 Å². The number of rotatable bonds is 7. The number of aryl methyl sites for hydroxylation is 1. The molecule has 108 valence electrons. The normalized spacial score (nSPS) is 11.3. The predicted molar refractivity (Wildman–Crippen MR) is 76.9 cm³/mol. The Morgan fingerprint density at radius 2 is 2.05 bits per heavy atom. The minimum Gasteiger partial charge on any atom is -0.355 e. The van der Waals surface area contributed by atoms with Gasteiger partial charge in [-0.25, -0.2) is 0 Å². The Morgan fingerprint density at radius 3 is 2.63 bits per heavy atom. The third-order valence-electron chi connectivity index (χ3n) is 2.79. The molecule has 0 aliphatic rings. The van der Waals surface area contributed by atoms with Gasteiger partial charge >= 0.3 is 0 Å². The van der Waals surface area contributed by atoms with E-state index in [0.717, 1.165) is 17.8 Å². The maximum Gasteiger partial charge on any atom is 0.233 e. The van der Waals surface area contributed by atoms with Crippen LogP contribution in [0, 0.1) is 5.92 Å². The summed E-state index contributed by atoms with van der Waals surface area (Å²) in [7, 11) is 1.92. The third kappa shape index (κ3) is 5.42. The van der Waals surface area contributed by atoms with E-state index in [-0.39, 0.29) is 5.91 Å².